The normalized spacial score (nSPS) is 14.4. The topological polar surface area (TPSA) is 52.0 Å². The Morgan fingerprint density at radius 1 is 1.43 bits per heavy atom. The number of aromatic nitrogens is 3. The summed E-state index contributed by atoms with van der Waals surface area (Å²) in [4.78, 5) is 0. The van der Waals surface area contributed by atoms with Crippen molar-refractivity contribution in [1.29, 1.82) is 0 Å². The molecule has 1 aliphatic carbocycles. The van der Waals surface area contributed by atoms with Gasteiger partial charge in [0.05, 0.1) is 0 Å². The summed E-state index contributed by atoms with van der Waals surface area (Å²) in [6.07, 6.45) is 4.24. The minimum atomic E-state index is 0.426. The molecule has 1 fully saturated rings. The zero-order chi connectivity index (χ0) is 14.8. The van der Waals surface area contributed by atoms with Gasteiger partial charge in [0.1, 0.15) is 18.7 Å². The largest absolute Gasteiger partial charge is 0.485 e. The molecule has 6 heteroatoms. The number of nitrogens with one attached hydrogen (secondary N) is 1. The van der Waals surface area contributed by atoms with Crippen molar-refractivity contribution in [2.45, 2.75) is 39.0 Å². The molecule has 0 bridgehead atoms. The minimum Gasteiger partial charge on any atom is -0.485 e. The molecule has 2 aromatic rings. The number of hydrogen-bond acceptors (Lipinski definition) is 4. The summed E-state index contributed by atoms with van der Waals surface area (Å²) < 4.78 is 8.97. The van der Waals surface area contributed by atoms with Crippen molar-refractivity contribution in [3.63, 3.8) is 0 Å². The maximum atomic E-state index is 6.02. The highest BCUT2D eigenvalue weighted by atomic mass is 79.9. The van der Waals surface area contributed by atoms with Gasteiger partial charge in [-0.2, -0.15) is 0 Å². The van der Waals surface area contributed by atoms with Gasteiger partial charge in [-0.25, -0.2) is 0 Å². The van der Waals surface area contributed by atoms with Crippen molar-refractivity contribution in [2.75, 3.05) is 0 Å². The fraction of sp³-hybridized carbons (Fsp3) is 0.467. The van der Waals surface area contributed by atoms with E-state index in [2.05, 4.69) is 50.5 Å². The summed E-state index contributed by atoms with van der Waals surface area (Å²) in [5.41, 5.74) is 2.30. The van der Waals surface area contributed by atoms with Gasteiger partial charge in [-0.1, -0.05) is 15.9 Å². The highest BCUT2D eigenvalue weighted by molar-refractivity contribution is 9.10. The lowest BCUT2D eigenvalue weighted by Crippen LogP contribution is -2.16. The Bertz CT molecular complexity index is 637. The summed E-state index contributed by atoms with van der Waals surface area (Å²) in [7, 11) is 1.92. The Kier molecular flexibility index (Phi) is 4.26. The zero-order valence-corrected chi connectivity index (χ0v) is 13.9. The van der Waals surface area contributed by atoms with Crippen LogP contribution in [0.4, 0.5) is 0 Å². The van der Waals surface area contributed by atoms with Crippen LogP contribution in [0.2, 0.25) is 0 Å². The van der Waals surface area contributed by atoms with Crippen LogP contribution in [0.25, 0.3) is 0 Å². The van der Waals surface area contributed by atoms with Crippen molar-refractivity contribution < 1.29 is 4.74 Å². The van der Waals surface area contributed by atoms with Crippen LogP contribution >= 0.6 is 15.9 Å². The first-order valence-electron chi connectivity index (χ1n) is 7.11. The molecule has 1 aromatic heterocycles. The van der Waals surface area contributed by atoms with Crippen LogP contribution in [-0.4, -0.2) is 20.8 Å². The van der Waals surface area contributed by atoms with E-state index in [1.807, 2.05) is 11.6 Å². The summed E-state index contributed by atoms with van der Waals surface area (Å²) in [6.45, 7) is 3.33. The number of hydrogen-bond donors (Lipinski definition) is 1. The van der Waals surface area contributed by atoms with Crippen LogP contribution in [0.1, 0.15) is 29.8 Å². The fourth-order valence-electron chi connectivity index (χ4n) is 2.25. The Morgan fingerprint density at radius 3 is 2.90 bits per heavy atom. The van der Waals surface area contributed by atoms with E-state index in [-0.39, 0.29) is 0 Å². The Morgan fingerprint density at radius 2 is 2.24 bits per heavy atom. The van der Waals surface area contributed by atoms with Crippen molar-refractivity contribution >= 4 is 15.9 Å². The molecule has 0 atom stereocenters. The molecule has 3 rings (SSSR count). The van der Waals surface area contributed by atoms with Gasteiger partial charge in [0.25, 0.3) is 0 Å². The lowest BCUT2D eigenvalue weighted by Gasteiger charge is -2.15. The standard InChI is InChI=1S/C15H19BrN4O/c1-10-5-12(16)6-11(7-17-13-3-4-13)15(10)21-8-14-19-18-9-20(14)2/h5-6,9,13,17H,3-4,7-8H2,1-2H3. The summed E-state index contributed by atoms with van der Waals surface area (Å²) >= 11 is 3.56. The summed E-state index contributed by atoms with van der Waals surface area (Å²) in [5.74, 6) is 1.76. The fourth-order valence-corrected chi connectivity index (χ4v) is 2.87. The lowest BCUT2D eigenvalue weighted by atomic mass is 10.1. The third-order valence-corrected chi connectivity index (χ3v) is 4.08. The quantitative estimate of drug-likeness (QED) is 0.870. The van der Waals surface area contributed by atoms with E-state index in [1.165, 1.54) is 18.4 Å². The molecule has 1 saturated carbocycles. The lowest BCUT2D eigenvalue weighted by molar-refractivity contribution is 0.285. The first kappa shape index (κ1) is 14.5. The van der Waals surface area contributed by atoms with Crippen molar-refractivity contribution in [3.05, 3.63) is 39.9 Å². The number of halogens is 1. The molecular formula is C15H19BrN4O. The number of ether oxygens (including phenoxy) is 1. The maximum Gasteiger partial charge on any atom is 0.170 e. The van der Waals surface area contributed by atoms with Crippen LogP contribution in [0.3, 0.4) is 0 Å². The van der Waals surface area contributed by atoms with Crippen molar-refractivity contribution in [3.8, 4) is 5.75 Å². The molecule has 0 aliphatic heterocycles. The molecule has 21 heavy (non-hydrogen) atoms. The first-order valence-corrected chi connectivity index (χ1v) is 7.91. The monoisotopic (exact) mass is 350 g/mol. The second-order valence-corrected chi connectivity index (χ2v) is 6.43. The van der Waals surface area contributed by atoms with Gasteiger partial charge in [-0.3, -0.25) is 0 Å². The molecule has 0 amide bonds. The Hall–Kier alpha value is -1.40. The van der Waals surface area contributed by atoms with Gasteiger partial charge in [0.15, 0.2) is 5.82 Å². The van der Waals surface area contributed by atoms with Gasteiger partial charge in [0.2, 0.25) is 0 Å². The van der Waals surface area contributed by atoms with E-state index >= 15 is 0 Å². The van der Waals surface area contributed by atoms with Crippen LogP contribution in [-0.2, 0) is 20.2 Å². The first-order chi connectivity index (χ1) is 10.1. The number of nitrogens with zero attached hydrogens (tertiary/aromatic N) is 3. The predicted molar refractivity (Wildman–Crippen MR) is 84.1 cm³/mol. The van der Waals surface area contributed by atoms with Crippen LogP contribution in [0, 0.1) is 6.92 Å². The smallest absolute Gasteiger partial charge is 0.170 e. The highest BCUT2D eigenvalue weighted by Gasteiger charge is 2.21. The van der Waals surface area contributed by atoms with Crippen LogP contribution in [0.5, 0.6) is 5.75 Å². The van der Waals surface area contributed by atoms with Crippen molar-refractivity contribution in [1.82, 2.24) is 20.1 Å². The second-order valence-electron chi connectivity index (χ2n) is 5.51. The number of aryl methyl sites for hydroxylation is 2. The predicted octanol–water partition coefficient (Wildman–Crippen LogP) is 2.72. The third-order valence-electron chi connectivity index (χ3n) is 3.63. The Balaban J connectivity index is 1.76. The van der Waals surface area contributed by atoms with Gasteiger partial charge in [0, 0.05) is 29.7 Å². The van der Waals surface area contributed by atoms with Crippen molar-refractivity contribution in [2.24, 2.45) is 7.05 Å². The maximum absolute atomic E-state index is 6.02. The molecule has 1 heterocycles. The van der Waals surface area contributed by atoms with E-state index in [1.54, 1.807) is 6.33 Å². The van der Waals surface area contributed by atoms with E-state index in [0.29, 0.717) is 12.6 Å². The molecule has 0 radical (unpaired) electrons. The molecule has 1 aliphatic rings. The molecule has 112 valence electrons. The van der Waals surface area contributed by atoms with E-state index < -0.39 is 0 Å². The number of benzene rings is 1. The Labute approximate surface area is 132 Å². The molecule has 1 aromatic carbocycles. The van der Waals surface area contributed by atoms with Crippen LogP contribution in [0.15, 0.2) is 22.9 Å². The molecule has 0 unspecified atom stereocenters. The zero-order valence-electron chi connectivity index (χ0n) is 12.3. The SMILES string of the molecule is Cc1cc(Br)cc(CNC2CC2)c1OCc1nncn1C. The van der Waals surface area contributed by atoms with E-state index in [9.17, 15) is 0 Å². The molecule has 5 nitrogen and oxygen atoms in total. The highest BCUT2D eigenvalue weighted by Crippen LogP contribution is 2.30. The van der Waals surface area contributed by atoms with Gasteiger partial charge >= 0.3 is 0 Å². The second kappa shape index (κ2) is 6.15. The molecular weight excluding hydrogens is 332 g/mol. The average molecular weight is 351 g/mol. The molecule has 1 N–H and O–H groups in total. The van der Waals surface area contributed by atoms with Crippen LogP contribution < -0.4 is 10.1 Å². The summed E-state index contributed by atoms with van der Waals surface area (Å²) in [6, 6.07) is 4.87. The average Bonchev–Trinajstić information content (AvgIpc) is 3.18. The van der Waals surface area contributed by atoms with Gasteiger partial charge in [-0.15, -0.1) is 10.2 Å². The van der Waals surface area contributed by atoms with Gasteiger partial charge in [-0.05, 0) is 37.5 Å². The molecule has 0 spiro atoms. The van der Waals surface area contributed by atoms with E-state index in [0.717, 1.165) is 28.2 Å². The number of rotatable bonds is 6. The van der Waals surface area contributed by atoms with Gasteiger partial charge < -0.3 is 14.6 Å². The summed E-state index contributed by atoms with van der Waals surface area (Å²) in [5, 5.41) is 11.5. The third kappa shape index (κ3) is 3.63. The minimum absolute atomic E-state index is 0.426. The molecule has 0 saturated heterocycles. The van der Waals surface area contributed by atoms with E-state index in [4.69, 9.17) is 4.74 Å².